The Morgan fingerprint density at radius 3 is 2.74 bits per heavy atom. The molecule has 1 aromatic heterocycles. The zero-order valence-electron chi connectivity index (χ0n) is 18.4. The molecule has 4 fully saturated rings. The molecule has 3 aliphatic heterocycles. The topological polar surface area (TPSA) is 75.9 Å². The molecule has 31 heavy (non-hydrogen) atoms. The molecule has 3 saturated heterocycles. The van der Waals surface area contributed by atoms with Crippen molar-refractivity contribution in [2.45, 2.75) is 32.2 Å². The van der Waals surface area contributed by atoms with Crippen LogP contribution < -0.4 is 9.80 Å². The first kappa shape index (κ1) is 20.4. The van der Waals surface area contributed by atoms with E-state index < -0.39 is 0 Å². The van der Waals surface area contributed by atoms with Crippen LogP contribution in [-0.2, 0) is 4.74 Å². The van der Waals surface area contributed by atoms with Crippen molar-refractivity contribution in [3.05, 3.63) is 18.3 Å². The first-order valence-corrected chi connectivity index (χ1v) is 11.6. The molecular formula is C23H32N6O2. The summed E-state index contributed by atoms with van der Waals surface area (Å²) in [6.45, 7) is 9.72. The molecule has 1 amide bonds. The van der Waals surface area contributed by atoms with Gasteiger partial charge in [0.05, 0.1) is 24.3 Å². The molecule has 1 aromatic rings. The molecule has 5 rings (SSSR count). The minimum atomic E-state index is -0.153. The maximum atomic E-state index is 11.9. The summed E-state index contributed by atoms with van der Waals surface area (Å²) < 4.78 is 5.14. The summed E-state index contributed by atoms with van der Waals surface area (Å²) in [7, 11) is 0. The minimum absolute atomic E-state index is 0.144. The van der Waals surface area contributed by atoms with Gasteiger partial charge in [-0.25, -0.2) is 9.78 Å². The van der Waals surface area contributed by atoms with E-state index in [4.69, 9.17) is 15.0 Å². The van der Waals surface area contributed by atoms with Gasteiger partial charge < -0.3 is 19.4 Å². The van der Waals surface area contributed by atoms with Gasteiger partial charge in [-0.3, -0.25) is 4.90 Å². The van der Waals surface area contributed by atoms with E-state index in [1.165, 1.54) is 19.3 Å². The Kier molecular flexibility index (Phi) is 5.39. The maximum Gasteiger partial charge on any atom is 0.409 e. The van der Waals surface area contributed by atoms with Crippen LogP contribution in [0.1, 0.15) is 26.2 Å². The van der Waals surface area contributed by atoms with Crippen LogP contribution >= 0.6 is 0 Å². The van der Waals surface area contributed by atoms with Crippen molar-refractivity contribution < 1.29 is 9.53 Å². The van der Waals surface area contributed by atoms with Crippen LogP contribution in [-0.4, -0.2) is 85.9 Å². The molecule has 0 radical (unpaired) electrons. The van der Waals surface area contributed by atoms with Crippen LogP contribution in [0.2, 0.25) is 0 Å². The number of nitriles is 1. The monoisotopic (exact) mass is 424 g/mol. The summed E-state index contributed by atoms with van der Waals surface area (Å²) in [5.41, 5.74) is 1.48. The van der Waals surface area contributed by atoms with Crippen molar-refractivity contribution in [2.24, 2.45) is 11.3 Å². The van der Waals surface area contributed by atoms with Gasteiger partial charge in [0.2, 0.25) is 0 Å². The number of piperazine rings is 1. The SMILES string of the molecule is CCOC(=O)N1CC2(CCC(N3CCN(c4ncccc4N4CC(C#N)C4)CC3)C2)C1. The molecule has 8 heteroatoms. The van der Waals surface area contributed by atoms with Crippen LogP contribution in [0.3, 0.4) is 0 Å². The summed E-state index contributed by atoms with van der Waals surface area (Å²) in [5.74, 6) is 1.20. The number of aromatic nitrogens is 1. The van der Waals surface area contributed by atoms with Gasteiger partial charge in [-0.1, -0.05) is 0 Å². The summed E-state index contributed by atoms with van der Waals surface area (Å²) in [4.78, 5) is 25.8. The van der Waals surface area contributed by atoms with Gasteiger partial charge >= 0.3 is 6.09 Å². The van der Waals surface area contributed by atoms with Gasteiger partial charge in [0.15, 0.2) is 5.82 Å². The highest BCUT2D eigenvalue weighted by molar-refractivity contribution is 5.69. The number of ether oxygens (including phenoxy) is 1. The summed E-state index contributed by atoms with van der Waals surface area (Å²) in [6.07, 6.45) is 5.36. The molecule has 1 spiro atoms. The highest BCUT2D eigenvalue weighted by atomic mass is 16.6. The lowest BCUT2D eigenvalue weighted by atomic mass is 9.78. The zero-order chi connectivity index (χ0) is 21.4. The lowest BCUT2D eigenvalue weighted by molar-refractivity contribution is -0.00294. The Hall–Kier alpha value is -2.53. The molecule has 0 N–H and O–H groups in total. The van der Waals surface area contributed by atoms with Crippen molar-refractivity contribution in [3.63, 3.8) is 0 Å². The number of anilines is 2. The normalized spacial score (nSPS) is 25.8. The quantitative estimate of drug-likeness (QED) is 0.733. The zero-order valence-corrected chi connectivity index (χ0v) is 18.4. The van der Waals surface area contributed by atoms with E-state index in [1.54, 1.807) is 0 Å². The van der Waals surface area contributed by atoms with Gasteiger partial charge in [0, 0.05) is 70.0 Å². The standard InChI is InChI=1S/C23H32N6O2/c1-2-31-22(30)29-16-23(17-29)6-5-19(12-23)26-8-10-27(11-9-26)21-20(4-3-7-25-21)28-14-18(13-24)15-28/h3-4,7,18-19H,2,5-6,8-12,14-17H2,1H3. The Morgan fingerprint density at radius 1 is 1.26 bits per heavy atom. The Morgan fingerprint density at radius 2 is 2.03 bits per heavy atom. The fourth-order valence-electron chi connectivity index (χ4n) is 5.82. The van der Waals surface area contributed by atoms with Crippen LogP contribution in [0.5, 0.6) is 0 Å². The predicted molar refractivity (Wildman–Crippen MR) is 118 cm³/mol. The van der Waals surface area contributed by atoms with Crippen molar-refractivity contribution in [1.82, 2.24) is 14.8 Å². The number of carbonyl (C=O) groups is 1. The van der Waals surface area contributed by atoms with Gasteiger partial charge in [-0.2, -0.15) is 5.26 Å². The smallest absolute Gasteiger partial charge is 0.409 e. The molecule has 0 aromatic carbocycles. The lowest BCUT2D eigenvalue weighted by Crippen LogP contribution is -2.58. The molecule has 1 saturated carbocycles. The van der Waals surface area contributed by atoms with Crippen molar-refractivity contribution >= 4 is 17.6 Å². The third kappa shape index (κ3) is 3.80. The van der Waals surface area contributed by atoms with E-state index in [1.807, 2.05) is 24.1 Å². The van der Waals surface area contributed by atoms with E-state index in [0.29, 0.717) is 18.1 Å². The average molecular weight is 425 g/mol. The summed E-state index contributed by atoms with van der Waals surface area (Å²) in [6, 6.07) is 7.11. The molecule has 1 unspecified atom stereocenters. The van der Waals surface area contributed by atoms with E-state index in [0.717, 1.165) is 63.9 Å². The molecule has 1 aliphatic carbocycles. The van der Waals surface area contributed by atoms with Gasteiger partial charge in [0.1, 0.15) is 0 Å². The lowest BCUT2D eigenvalue weighted by Gasteiger charge is -2.48. The van der Waals surface area contributed by atoms with Crippen molar-refractivity contribution in [2.75, 3.05) is 68.8 Å². The third-order valence-electron chi connectivity index (χ3n) is 7.56. The van der Waals surface area contributed by atoms with Gasteiger partial charge in [-0.15, -0.1) is 0 Å². The fourth-order valence-corrected chi connectivity index (χ4v) is 5.82. The first-order valence-electron chi connectivity index (χ1n) is 11.6. The number of rotatable bonds is 4. The fraction of sp³-hybridized carbons (Fsp3) is 0.696. The van der Waals surface area contributed by atoms with Crippen LogP contribution in [0, 0.1) is 22.7 Å². The second-order valence-electron chi connectivity index (χ2n) is 9.55. The molecule has 4 heterocycles. The van der Waals surface area contributed by atoms with Gasteiger partial charge in [0.25, 0.3) is 0 Å². The molecule has 166 valence electrons. The first-order chi connectivity index (χ1) is 15.1. The van der Waals surface area contributed by atoms with E-state index in [9.17, 15) is 4.79 Å². The Balaban J connectivity index is 1.14. The third-order valence-corrected chi connectivity index (χ3v) is 7.56. The second kappa shape index (κ2) is 8.19. The number of likely N-dealkylation sites (tertiary alicyclic amines) is 1. The van der Waals surface area contributed by atoms with Gasteiger partial charge in [-0.05, 0) is 38.3 Å². The number of hydrogen-bond donors (Lipinski definition) is 0. The molecule has 8 nitrogen and oxygen atoms in total. The largest absolute Gasteiger partial charge is 0.450 e. The van der Waals surface area contributed by atoms with Crippen LogP contribution in [0.4, 0.5) is 16.3 Å². The molecule has 4 aliphatic rings. The van der Waals surface area contributed by atoms with Crippen molar-refractivity contribution in [3.8, 4) is 6.07 Å². The van der Waals surface area contributed by atoms with E-state index in [2.05, 4.69) is 26.8 Å². The molecular weight excluding hydrogens is 392 g/mol. The molecule has 1 atom stereocenters. The van der Waals surface area contributed by atoms with E-state index in [-0.39, 0.29) is 12.0 Å². The van der Waals surface area contributed by atoms with Crippen molar-refractivity contribution in [1.29, 1.82) is 5.26 Å². The average Bonchev–Trinajstić information content (AvgIpc) is 3.19. The maximum absolute atomic E-state index is 11.9. The Labute approximate surface area is 184 Å². The highest BCUT2D eigenvalue weighted by Crippen LogP contribution is 2.47. The van der Waals surface area contributed by atoms with E-state index >= 15 is 0 Å². The number of carbonyl (C=O) groups excluding carboxylic acids is 1. The van der Waals surface area contributed by atoms with Crippen LogP contribution in [0.25, 0.3) is 0 Å². The second-order valence-corrected chi connectivity index (χ2v) is 9.55. The molecule has 0 bridgehead atoms. The highest BCUT2D eigenvalue weighted by Gasteiger charge is 2.51. The number of amides is 1. The predicted octanol–water partition coefficient (Wildman–Crippen LogP) is 2.17. The summed E-state index contributed by atoms with van der Waals surface area (Å²) in [5, 5.41) is 9.09. The summed E-state index contributed by atoms with van der Waals surface area (Å²) >= 11 is 0. The number of pyridine rings is 1. The Bertz CT molecular complexity index is 850. The van der Waals surface area contributed by atoms with Crippen LogP contribution in [0.15, 0.2) is 18.3 Å². The minimum Gasteiger partial charge on any atom is -0.450 e. The number of nitrogens with zero attached hydrogens (tertiary/aromatic N) is 6. The number of hydrogen-bond acceptors (Lipinski definition) is 7.